The molecule has 1 saturated carbocycles. The normalized spacial score (nSPS) is 15.3. The van der Waals surface area contributed by atoms with Crippen LogP contribution in [0.4, 0.5) is 0 Å². The first-order valence-corrected chi connectivity index (χ1v) is 8.88. The number of nitrogens with zero attached hydrogens (tertiary/aromatic N) is 2. The number of hydrogen-bond acceptors (Lipinski definition) is 2. The SMILES string of the molecule is CC(C)C(CC(=O)N(Cc1ccncc1)C1CC1)c1ccccc1. The van der Waals surface area contributed by atoms with E-state index in [1.54, 1.807) is 12.4 Å². The van der Waals surface area contributed by atoms with E-state index in [0.717, 1.165) is 18.4 Å². The van der Waals surface area contributed by atoms with Crippen molar-refractivity contribution in [2.24, 2.45) is 5.92 Å². The average Bonchev–Trinajstić information content (AvgIpc) is 3.43. The van der Waals surface area contributed by atoms with Gasteiger partial charge >= 0.3 is 0 Å². The molecule has 3 rings (SSSR count). The van der Waals surface area contributed by atoms with E-state index in [9.17, 15) is 4.79 Å². The van der Waals surface area contributed by atoms with E-state index in [1.165, 1.54) is 5.56 Å². The highest BCUT2D eigenvalue weighted by Gasteiger charge is 2.34. The molecule has 0 radical (unpaired) electrons. The van der Waals surface area contributed by atoms with Crippen LogP contribution in [-0.4, -0.2) is 21.8 Å². The van der Waals surface area contributed by atoms with Gasteiger partial charge in [0.25, 0.3) is 0 Å². The summed E-state index contributed by atoms with van der Waals surface area (Å²) in [5.41, 5.74) is 2.42. The maximum atomic E-state index is 13.0. The summed E-state index contributed by atoms with van der Waals surface area (Å²) in [4.78, 5) is 19.2. The molecule has 0 saturated heterocycles. The summed E-state index contributed by atoms with van der Waals surface area (Å²) in [5.74, 6) is 0.993. The van der Waals surface area contributed by atoms with E-state index in [0.29, 0.717) is 24.9 Å². The van der Waals surface area contributed by atoms with Crippen LogP contribution >= 0.6 is 0 Å². The van der Waals surface area contributed by atoms with Crippen molar-refractivity contribution in [2.75, 3.05) is 0 Å². The van der Waals surface area contributed by atoms with Gasteiger partial charge in [-0.3, -0.25) is 9.78 Å². The summed E-state index contributed by atoms with van der Waals surface area (Å²) in [5, 5.41) is 0. The topological polar surface area (TPSA) is 33.2 Å². The molecular formula is C21H26N2O. The van der Waals surface area contributed by atoms with Gasteiger partial charge in [0.15, 0.2) is 0 Å². The van der Waals surface area contributed by atoms with Crippen LogP contribution in [0.15, 0.2) is 54.9 Å². The third-order valence-corrected chi connectivity index (χ3v) is 4.84. The minimum absolute atomic E-state index is 0.275. The molecule has 2 aromatic rings. The van der Waals surface area contributed by atoms with Crippen LogP contribution in [0.25, 0.3) is 0 Å². The Morgan fingerprint density at radius 3 is 2.38 bits per heavy atom. The zero-order chi connectivity index (χ0) is 16.9. The molecule has 3 heteroatoms. The van der Waals surface area contributed by atoms with Crippen molar-refractivity contribution < 1.29 is 4.79 Å². The number of amides is 1. The first kappa shape index (κ1) is 16.7. The van der Waals surface area contributed by atoms with E-state index in [2.05, 4.69) is 48.0 Å². The van der Waals surface area contributed by atoms with Gasteiger partial charge in [0.1, 0.15) is 0 Å². The third kappa shape index (κ3) is 4.22. The highest BCUT2D eigenvalue weighted by molar-refractivity contribution is 5.78. The number of benzene rings is 1. The van der Waals surface area contributed by atoms with Crippen molar-refractivity contribution >= 4 is 5.91 Å². The van der Waals surface area contributed by atoms with Gasteiger partial charge in [-0.2, -0.15) is 0 Å². The van der Waals surface area contributed by atoms with Crippen LogP contribution in [-0.2, 0) is 11.3 Å². The van der Waals surface area contributed by atoms with Gasteiger partial charge in [-0.15, -0.1) is 0 Å². The second-order valence-corrected chi connectivity index (χ2v) is 7.07. The van der Waals surface area contributed by atoms with Gasteiger partial charge in [-0.25, -0.2) is 0 Å². The van der Waals surface area contributed by atoms with Gasteiger partial charge in [-0.05, 0) is 47.9 Å². The summed E-state index contributed by atoms with van der Waals surface area (Å²) < 4.78 is 0. The van der Waals surface area contributed by atoms with Gasteiger partial charge < -0.3 is 4.90 Å². The van der Waals surface area contributed by atoms with E-state index in [1.807, 2.05) is 18.2 Å². The molecule has 1 aromatic carbocycles. The lowest BCUT2D eigenvalue weighted by Crippen LogP contribution is -2.34. The van der Waals surface area contributed by atoms with Crippen LogP contribution in [0.2, 0.25) is 0 Å². The van der Waals surface area contributed by atoms with Gasteiger partial charge in [0, 0.05) is 31.4 Å². The zero-order valence-corrected chi connectivity index (χ0v) is 14.6. The first-order chi connectivity index (χ1) is 11.6. The molecule has 0 N–H and O–H groups in total. The van der Waals surface area contributed by atoms with Crippen LogP contribution in [0.1, 0.15) is 50.2 Å². The number of hydrogen-bond donors (Lipinski definition) is 0. The van der Waals surface area contributed by atoms with Gasteiger partial charge in [0.2, 0.25) is 5.91 Å². The molecular weight excluding hydrogens is 296 g/mol. The quantitative estimate of drug-likeness (QED) is 0.757. The Bertz CT molecular complexity index is 650. The maximum absolute atomic E-state index is 13.0. The summed E-state index contributed by atoms with van der Waals surface area (Å²) in [7, 11) is 0. The molecule has 0 bridgehead atoms. The number of carbonyl (C=O) groups is 1. The Kier molecular flexibility index (Phi) is 5.29. The largest absolute Gasteiger partial charge is 0.335 e. The number of carbonyl (C=O) groups excluding carboxylic acids is 1. The Morgan fingerprint density at radius 2 is 1.79 bits per heavy atom. The zero-order valence-electron chi connectivity index (χ0n) is 14.6. The number of aromatic nitrogens is 1. The van der Waals surface area contributed by atoms with Crippen molar-refractivity contribution in [2.45, 2.75) is 51.6 Å². The van der Waals surface area contributed by atoms with Crippen molar-refractivity contribution in [1.82, 2.24) is 9.88 Å². The highest BCUT2D eigenvalue weighted by Crippen LogP contribution is 2.33. The standard InChI is InChI=1S/C21H26N2O/c1-16(2)20(18-6-4-3-5-7-18)14-21(24)23(19-8-9-19)15-17-10-12-22-13-11-17/h3-7,10-13,16,19-20H,8-9,14-15H2,1-2H3. The van der Waals surface area contributed by atoms with Crippen LogP contribution in [0.3, 0.4) is 0 Å². The number of pyridine rings is 1. The molecule has 3 nitrogen and oxygen atoms in total. The highest BCUT2D eigenvalue weighted by atomic mass is 16.2. The third-order valence-electron chi connectivity index (χ3n) is 4.84. The van der Waals surface area contributed by atoms with Gasteiger partial charge in [0.05, 0.1) is 0 Å². The van der Waals surface area contributed by atoms with Gasteiger partial charge in [-0.1, -0.05) is 44.2 Å². The maximum Gasteiger partial charge on any atom is 0.223 e. The molecule has 0 aliphatic heterocycles. The van der Waals surface area contributed by atoms with E-state index >= 15 is 0 Å². The number of rotatable bonds is 7. The Hall–Kier alpha value is -2.16. The predicted molar refractivity (Wildman–Crippen MR) is 96.4 cm³/mol. The Balaban J connectivity index is 1.72. The smallest absolute Gasteiger partial charge is 0.223 e. The lowest BCUT2D eigenvalue weighted by molar-refractivity contribution is -0.133. The minimum Gasteiger partial charge on any atom is -0.335 e. The Labute approximate surface area is 144 Å². The molecule has 0 spiro atoms. The molecule has 1 aliphatic rings. The molecule has 1 unspecified atom stereocenters. The van der Waals surface area contributed by atoms with Crippen molar-refractivity contribution in [3.8, 4) is 0 Å². The second-order valence-electron chi connectivity index (χ2n) is 7.07. The fourth-order valence-corrected chi connectivity index (χ4v) is 3.24. The van der Waals surface area contributed by atoms with E-state index in [-0.39, 0.29) is 11.8 Å². The van der Waals surface area contributed by atoms with E-state index in [4.69, 9.17) is 0 Å². The Morgan fingerprint density at radius 1 is 1.12 bits per heavy atom. The molecule has 1 heterocycles. The monoisotopic (exact) mass is 322 g/mol. The van der Waals surface area contributed by atoms with Crippen LogP contribution in [0.5, 0.6) is 0 Å². The van der Waals surface area contributed by atoms with Crippen molar-refractivity contribution in [1.29, 1.82) is 0 Å². The van der Waals surface area contributed by atoms with Crippen LogP contribution in [0, 0.1) is 5.92 Å². The first-order valence-electron chi connectivity index (χ1n) is 8.88. The van der Waals surface area contributed by atoms with Crippen LogP contribution < -0.4 is 0 Å². The molecule has 1 atom stereocenters. The molecule has 1 aromatic heterocycles. The predicted octanol–water partition coefficient (Wildman–Crippen LogP) is 4.40. The lowest BCUT2D eigenvalue weighted by atomic mass is 9.85. The lowest BCUT2D eigenvalue weighted by Gasteiger charge is -2.27. The average molecular weight is 322 g/mol. The summed E-state index contributed by atoms with van der Waals surface area (Å²) in [6.45, 7) is 5.11. The fourth-order valence-electron chi connectivity index (χ4n) is 3.24. The summed E-state index contributed by atoms with van der Waals surface area (Å²) in [6.07, 6.45) is 6.45. The summed E-state index contributed by atoms with van der Waals surface area (Å²) >= 11 is 0. The minimum atomic E-state index is 0.275. The summed E-state index contributed by atoms with van der Waals surface area (Å²) in [6, 6.07) is 14.9. The fraction of sp³-hybridized carbons (Fsp3) is 0.429. The molecule has 1 aliphatic carbocycles. The molecule has 1 amide bonds. The second kappa shape index (κ2) is 7.61. The molecule has 24 heavy (non-hydrogen) atoms. The molecule has 126 valence electrons. The van der Waals surface area contributed by atoms with Crippen molar-refractivity contribution in [3.63, 3.8) is 0 Å². The van der Waals surface area contributed by atoms with Crippen molar-refractivity contribution in [3.05, 3.63) is 66.0 Å². The van der Waals surface area contributed by atoms with E-state index < -0.39 is 0 Å². The molecule has 1 fully saturated rings.